The Morgan fingerprint density at radius 3 is 2.06 bits per heavy atom. The van der Waals surface area contributed by atoms with Crippen molar-refractivity contribution in [1.82, 2.24) is 0 Å². The predicted molar refractivity (Wildman–Crippen MR) is 79.9 cm³/mol. The third kappa shape index (κ3) is 8.78. The van der Waals surface area contributed by atoms with Crippen LogP contribution in [-0.4, -0.2) is 0 Å². The number of aryl methyl sites for hydroxylation is 1. The lowest BCUT2D eigenvalue weighted by atomic mass is 10.1. The maximum absolute atomic E-state index is 5.75. The summed E-state index contributed by atoms with van der Waals surface area (Å²) in [6, 6.07) is 5.99. The van der Waals surface area contributed by atoms with E-state index in [0.717, 1.165) is 23.0 Å². The van der Waals surface area contributed by atoms with Crippen molar-refractivity contribution in [2.45, 2.75) is 53.9 Å². The van der Waals surface area contributed by atoms with E-state index in [4.69, 9.17) is 5.73 Å². The average Bonchev–Trinajstić information content (AvgIpc) is 2.28. The van der Waals surface area contributed by atoms with E-state index in [2.05, 4.69) is 42.8 Å². The van der Waals surface area contributed by atoms with Crippen molar-refractivity contribution in [3.8, 4) is 0 Å². The van der Waals surface area contributed by atoms with Crippen LogP contribution in [0.2, 0.25) is 0 Å². The van der Waals surface area contributed by atoms with Gasteiger partial charge in [0.2, 0.25) is 0 Å². The van der Waals surface area contributed by atoms with E-state index in [1.165, 1.54) is 12.0 Å². The van der Waals surface area contributed by atoms with Gasteiger partial charge in [0.1, 0.15) is 0 Å². The molecule has 2 N–H and O–H groups in total. The minimum Gasteiger partial charge on any atom is -0.399 e. The molecule has 0 unspecified atom stereocenters. The number of anilines is 1. The van der Waals surface area contributed by atoms with Crippen LogP contribution >= 0.6 is 15.9 Å². The van der Waals surface area contributed by atoms with Crippen molar-refractivity contribution < 1.29 is 0 Å². The van der Waals surface area contributed by atoms with E-state index in [0.29, 0.717) is 0 Å². The first-order valence-electron chi connectivity index (χ1n) is 6.19. The molecule has 0 bridgehead atoms. The minimum absolute atomic E-state index is 0.898. The fourth-order valence-electron chi connectivity index (χ4n) is 1.06. The zero-order valence-corrected chi connectivity index (χ0v) is 12.9. The second-order valence-electron chi connectivity index (χ2n) is 3.30. The molecule has 1 aromatic rings. The highest BCUT2D eigenvalue weighted by Crippen LogP contribution is 2.19. The summed E-state index contributed by atoms with van der Waals surface area (Å²) in [5, 5.41) is 0. The molecule has 0 saturated heterocycles. The van der Waals surface area contributed by atoms with E-state index in [1.54, 1.807) is 0 Å². The lowest BCUT2D eigenvalue weighted by molar-refractivity contribution is 0.923. The first kappa shape index (κ1) is 17.9. The van der Waals surface area contributed by atoms with Crippen LogP contribution in [0, 0.1) is 0 Å². The van der Waals surface area contributed by atoms with Gasteiger partial charge in [0, 0.05) is 10.2 Å². The first-order chi connectivity index (χ1) is 7.65. The van der Waals surface area contributed by atoms with E-state index >= 15 is 0 Å². The number of hydrogen-bond acceptors (Lipinski definition) is 1. The fourth-order valence-corrected chi connectivity index (χ4v) is 1.47. The highest BCUT2D eigenvalue weighted by Gasteiger charge is 1.97. The van der Waals surface area contributed by atoms with Crippen LogP contribution in [0.1, 0.15) is 53.0 Å². The molecule has 0 radical (unpaired) electrons. The summed E-state index contributed by atoms with van der Waals surface area (Å²) in [5.41, 5.74) is 7.89. The molecule has 1 aromatic carbocycles. The molecule has 16 heavy (non-hydrogen) atoms. The molecule has 1 nitrogen and oxygen atoms in total. The first-order valence-corrected chi connectivity index (χ1v) is 6.98. The van der Waals surface area contributed by atoms with Crippen LogP contribution in [0.25, 0.3) is 0 Å². The van der Waals surface area contributed by atoms with E-state index < -0.39 is 0 Å². The molecule has 0 aliphatic carbocycles. The molecule has 0 heterocycles. The van der Waals surface area contributed by atoms with E-state index in [-0.39, 0.29) is 0 Å². The number of nitrogen functional groups attached to an aromatic ring is 1. The average molecular weight is 288 g/mol. The van der Waals surface area contributed by atoms with E-state index in [1.807, 2.05) is 26.0 Å². The highest BCUT2D eigenvalue weighted by atomic mass is 79.9. The number of hydrogen-bond donors (Lipinski definition) is 1. The summed E-state index contributed by atoms with van der Waals surface area (Å²) in [6.07, 6.45) is 3.45. The highest BCUT2D eigenvalue weighted by molar-refractivity contribution is 9.10. The van der Waals surface area contributed by atoms with E-state index in [9.17, 15) is 0 Å². The third-order valence-electron chi connectivity index (χ3n) is 1.62. The molecule has 0 spiro atoms. The number of rotatable bonds is 2. The number of nitrogens with two attached hydrogens (primary N) is 1. The summed E-state index contributed by atoms with van der Waals surface area (Å²) in [7, 11) is 0. The standard InChI is InChI=1S/C9H12BrN.C3H8.C2H6/c1-2-3-7-6-8(10)4-5-9(7)11;1-3-2;1-2/h4-6H,2-3,11H2,1H3;3H2,1-2H3;1-2H3. The largest absolute Gasteiger partial charge is 0.399 e. The Kier molecular flexibility index (Phi) is 14.0. The van der Waals surface area contributed by atoms with Gasteiger partial charge in [-0.15, -0.1) is 0 Å². The molecule has 0 atom stereocenters. The second-order valence-corrected chi connectivity index (χ2v) is 4.22. The monoisotopic (exact) mass is 287 g/mol. The van der Waals surface area contributed by atoms with Gasteiger partial charge in [-0.2, -0.15) is 0 Å². The summed E-state index contributed by atoms with van der Waals surface area (Å²) in [5.74, 6) is 0. The smallest absolute Gasteiger partial charge is 0.0347 e. The Morgan fingerprint density at radius 2 is 1.62 bits per heavy atom. The SMILES string of the molecule is CC.CCC.CCCc1cc(Br)ccc1N. The lowest BCUT2D eigenvalue weighted by Gasteiger charge is -2.03. The Bertz CT molecular complexity index is 259. The lowest BCUT2D eigenvalue weighted by Crippen LogP contribution is -1.93. The van der Waals surface area contributed by atoms with Crippen molar-refractivity contribution in [1.29, 1.82) is 0 Å². The normalized spacial score (nSPS) is 8.38. The predicted octanol–water partition coefficient (Wildman–Crippen LogP) is 5.43. The van der Waals surface area contributed by atoms with Gasteiger partial charge >= 0.3 is 0 Å². The van der Waals surface area contributed by atoms with Crippen LogP contribution in [0.4, 0.5) is 5.69 Å². The van der Waals surface area contributed by atoms with Crippen molar-refractivity contribution >= 4 is 21.6 Å². The van der Waals surface area contributed by atoms with Gasteiger partial charge in [-0.25, -0.2) is 0 Å². The molecule has 1 rings (SSSR count). The van der Waals surface area contributed by atoms with Gasteiger partial charge in [0.25, 0.3) is 0 Å². The molecule has 0 aliphatic heterocycles. The molecule has 94 valence electrons. The summed E-state index contributed by atoms with van der Waals surface area (Å²) in [4.78, 5) is 0. The van der Waals surface area contributed by atoms with Crippen LogP contribution in [0.5, 0.6) is 0 Å². The van der Waals surface area contributed by atoms with Gasteiger partial charge in [0.15, 0.2) is 0 Å². The van der Waals surface area contributed by atoms with Crippen LogP contribution in [0.3, 0.4) is 0 Å². The molecule has 0 saturated carbocycles. The fraction of sp³-hybridized carbons (Fsp3) is 0.571. The van der Waals surface area contributed by atoms with Gasteiger partial charge < -0.3 is 5.73 Å². The Hall–Kier alpha value is -0.500. The van der Waals surface area contributed by atoms with Gasteiger partial charge in [-0.3, -0.25) is 0 Å². The third-order valence-corrected chi connectivity index (χ3v) is 2.12. The number of halogens is 1. The maximum atomic E-state index is 5.75. The minimum atomic E-state index is 0.898. The van der Waals surface area contributed by atoms with Crippen molar-refractivity contribution in [3.63, 3.8) is 0 Å². The molecule has 0 fully saturated rings. The molecule has 0 amide bonds. The van der Waals surface area contributed by atoms with Gasteiger partial charge in [0.05, 0.1) is 0 Å². The summed E-state index contributed by atoms with van der Waals surface area (Å²) in [6.45, 7) is 10.4. The Labute approximate surface area is 110 Å². The van der Waals surface area contributed by atoms with Gasteiger partial charge in [-0.1, -0.05) is 63.4 Å². The summed E-state index contributed by atoms with van der Waals surface area (Å²) >= 11 is 3.41. The molecular formula is C14H26BrN. The van der Waals surface area contributed by atoms with Crippen molar-refractivity contribution in [2.24, 2.45) is 0 Å². The topological polar surface area (TPSA) is 26.0 Å². The molecule has 2 heteroatoms. The van der Waals surface area contributed by atoms with Crippen LogP contribution in [-0.2, 0) is 6.42 Å². The maximum Gasteiger partial charge on any atom is 0.0347 e. The quantitative estimate of drug-likeness (QED) is 0.722. The Morgan fingerprint density at radius 1 is 1.12 bits per heavy atom. The number of benzene rings is 1. The van der Waals surface area contributed by atoms with Crippen molar-refractivity contribution in [3.05, 3.63) is 28.2 Å². The zero-order valence-electron chi connectivity index (χ0n) is 11.3. The zero-order chi connectivity index (χ0) is 13.0. The van der Waals surface area contributed by atoms with Gasteiger partial charge in [-0.05, 0) is 30.2 Å². The second kappa shape index (κ2) is 12.6. The molecule has 0 aromatic heterocycles. The molecule has 0 aliphatic rings. The van der Waals surface area contributed by atoms with Crippen LogP contribution < -0.4 is 5.73 Å². The van der Waals surface area contributed by atoms with Crippen molar-refractivity contribution in [2.75, 3.05) is 5.73 Å². The Balaban J connectivity index is 0. The summed E-state index contributed by atoms with van der Waals surface area (Å²) < 4.78 is 1.11. The van der Waals surface area contributed by atoms with Crippen LogP contribution in [0.15, 0.2) is 22.7 Å². The molecular weight excluding hydrogens is 262 g/mol.